The molecule has 1 fully saturated rings. The van der Waals surface area contributed by atoms with Crippen molar-refractivity contribution in [1.29, 1.82) is 0 Å². The molecule has 122 valence electrons. The number of para-hydroxylation sites is 2. The van der Waals surface area contributed by atoms with Gasteiger partial charge >= 0.3 is 0 Å². The van der Waals surface area contributed by atoms with Crippen LogP contribution in [0.1, 0.15) is 22.5 Å². The first kappa shape index (κ1) is 14.9. The summed E-state index contributed by atoms with van der Waals surface area (Å²) in [5.41, 5.74) is 1.31. The molecule has 0 bridgehead atoms. The van der Waals surface area contributed by atoms with Crippen LogP contribution in [0, 0.1) is 5.92 Å². The van der Waals surface area contributed by atoms with Crippen LogP contribution in [0.5, 0.6) is 0 Å². The molecule has 2 aromatic rings. The highest BCUT2D eigenvalue weighted by atomic mass is 32.1. The van der Waals surface area contributed by atoms with Gasteiger partial charge in [-0.3, -0.25) is 19.3 Å². The molecule has 1 aromatic heterocycles. The number of nitrogens with zero attached hydrogens (tertiary/aromatic N) is 1. The van der Waals surface area contributed by atoms with Crippen molar-refractivity contribution in [2.75, 3.05) is 22.1 Å². The molecule has 0 atom stereocenters. The summed E-state index contributed by atoms with van der Waals surface area (Å²) in [4.78, 5) is 38.4. The summed E-state index contributed by atoms with van der Waals surface area (Å²) in [6, 6.07) is 10.6. The summed E-state index contributed by atoms with van der Waals surface area (Å²) in [5, 5.41) is 6.26. The first-order valence-electron chi connectivity index (χ1n) is 7.73. The number of carbonyl (C=O) groups excluding carboxylic acids is 3. The van der Waals surface area contributed by atoms with E-state index in [2.05, 4.69) is 10.6 Å². The first-order valence-corrected chi connectivity index (χ1v) is 8.55. The zero-order chi connectivity index (χ0) is 16.7. The molecular formula is C17H15N3O3S. The van der Waals surface area contributed by atoms with E-state index in [-0.39, 0.29) is 30.2 Å². The molecule has 3 amide bonds. The van der Waals surface area contributed by atoms with Crippen LogP contribution in [-0.4, -0.2) is 24.3 Å². The number of rotatable bonds is 3. The number of anilines is 3. The van der Waals surface area contributed by atoms with Crippen molar-refractivity contribution in [3.63, 3.8) is 0 Å². The molecule has 1 saturated carbocycles. The van der Waals surface area contributed by atoms with E-state index >= 15 is 0 Å². The van der Waals surface area contributed by atoms with Crippen LogP contribution in [0.2, 0.25) is 0 Å². The van der Waals surface area contributed by atoms with Gasteiger partial charge in [0.15, 0.2) is 0 Å². The number of thiophene rings is 1. The maximum absolute atomic E-state index is 12.8. The normalized spacial score (nSPS) is 16.3. The van der Waals surface area contributed by atoms with E-state index in [0.29, 0.717) is 21.3 Å². The number of benzene rings is 1. The summed E-state index contributed by atoms with van der Waals surface area (Å²) in [5.74, 6) is -0.336. The minimum atomic E-state index is -0.241. The molecule has 2 N–H and O–H groups in total. The van der Waals surface area contributed by atoms with E-state index in [1.807, 2.05) is 12.1 Å². The fourth-order valence-electron chi connectivity index (χ4n) is 2.64. The Kier molecular flexibility index (Phi) is 3.57. The number of carbonyl (C=O) groups is 3. The van der Waals surface area contributed by atoms with Crippen LogP contribution in [-0.2, 0) is 9.59 Å². The molecule has 2 heterocycles. The lowest BCUT2D eigenvalue weighted by molar-refractivity contribution is -0.117. The van der Waals surface area contributed by atoms with E-state index in [0.717, 1.165) is 12.8 Å². The van der Waals surface area contributed by atoms with Crippen molar-refractivity contribution >= 4 is 45.4 Å². The lowest BCUT2D eigenvalue weighted by atomic mass is 10.2. The van der Waals surface area contributed by atoms with Gasteiger partial charge in [-0.15, -0.1) is 11.3 Å². The van der Waals surface area contributed by atoms with Crippen molar-refractivity contribution in [2.45, 2.75) is 12.8 Å². The Morgan fingerprint density at radius 1 is 1.17 bits per heavy atom. The Morgan fingerprint density at radius 2 is 1.96 bits per heavy atom. The average molecular weight is 341 g/mol. The third kappa shape index (κ3) is 2.78. The fraction of sp³-hybridized carbons (Fsp3) is 0.235. The van der Waals surface area contributed by atoms with Crippen molar-refractivity contribution < 1.29 is 14.4 Å². The molecule has 1 aliphatic carbocycles. The minimum absolute atomic E-state index is 0.0125. The number of amides is 3. The number of hydrogen-bond acceptors (Lipinski definition) is 4. The van der Waals surface area contributed by atoms with E-state index < -0.39 is 0 Å². The fourth-order valence-corrected chi connectivity index (χ4v) is 3.49. The van der Waals surface area contributed by atoms with Gasteiger partial charge in [0.2, 0.25) is 11.8 Å². The molecule has 0 radical (unpaired) electrons. The molecule has 2 aliphatic rings. The zero-order valence-electron chi connectivity index (χ0n) is 12.7. The Labute approximate surface area is 142 Å². The van der Waals surface area contributed by atoms with Crippen LogP contribution in [0.4, 0.5) is 16.4 Å². The minimum Gasteiger partial charge on any atom is -0.323 e. The molecule has 1 aliphatic heterocycles. The Morgan fingerprint density at radius 3 is 2.75 bits per heavy atom. The van der Waals surface area contributed by atoms with Crippen molar-refractivity contribution in [3.8, 4) is 0 Å². The predicted octanol–water partition coefficient (Wildman–Crippen LogP) is 2.70. The molecule has 6 nitrogen and oxygen atoms in total. The van der Waals surface area contributed by atoms with Gasteiger partial charge in [-0.25, -0.2) is 0 Å². The van der Waals surface area contributed by atoms with E-state index in [9.17, 15) is 14.4 Å². The lowest BCUT2D eigenvalue weighted by Gasteiger charge is -2.28. The Hall–Kier alpha value is -2.67. The topological polar surface area (TPSA) is 78.5 Å². The van der Waals surface area contributed by atoms with Gasteiger partial charge in [-0.1, -0.05) is 12.1 Å². The monoisotopic (exact) mass is 341 g/mol. The van der Waals surface area contributed by atoms with Gasteiger partial charge in [-0.2, -0.15) is 0 Å². The van der Waals surface area contributed by atoms with Gasteiger partial charge in [0.25, 0.3) is 5.91 Å². The van der Waals surface area contributed by atoms with Gasteiger partial charge in [-0.05, 0) is 37.1 Å². The summed E-state index contributed by atoms with van der Waals surface area (Å²) >= 11 is 1.23. The van der Waals surface area contributed by atoms with Crippen molar-refractivity contribution in [3.05, 3.63) is 41.3 Å². The van der Waals surface area contributed by atoms with Crippen LogP contribution >= 0.6 is 11.3 Å². The SMILES string of the molecule is O=C1CN(C(=O)c2ccc(NC(=O)C3CC3)s2)c2ccccc2N1. The molecule has 0 spiro atoms. The van der Waals surface area contributed by atoms with Gasteiger partial charge in [0.05, 0.1) is 21.3 Å². The highest BCUT2D eigenvalue weighted by Crippen LogP contribution is 2.34. The van der Waals surface area contributed by atoms with Gasteiger partial charge in [0.1, 0.15) is 6.54 Å². The van der Waals surface area contributed by atoms with Crippen LogP contribution < -0.4 is 15.5 Å². The average Bonchev–Trinajstić information content (AvgIpc) is 3.33. The maximum Gasteiger partial charge on any atom is 0.268 e. The molecule has 4 rings (SSSR count). The highest BCUT2D eigenvalue weighted by molar-refractivity contribution is 7.18. The predicted molar refractivity (Wildman–Crippen MR) is 92.4 cm³/mol. The lowest BCUT2D eigenvalue weighted by Crippen LogP contribution is -2.41. The quantitative estimate of drug-likeness (QED) is 0.901. The molecule has 1 aromatic carbocycles. The van der Waals surface area contributed by atoms with Crippen LogP contribution in [0.3, 0.4) is 0 Å². The highest BCUT2D eigenvalue weighted by Gasteiger charge is 2.31. The number of fused-ring (bicyclic) bond motifs is 1. The Balaban J connectivity index is 1.56. The van der Waals surface area contributed by atoms with Crippen molar-refractivity contribution in [1.82, 2.24) is 0 Å². The number of nitrogens with one attached hydrogen (secondary N) is 2. The first-order chi connectivity index (χ1) is 11.6. The summed E-state index contributed by atoms with van der Waals surface area (Å²) < 4.78 is 0. The smallest absolute Gasteiger partial charge is 0.268 e. The second kappa shape index (κ2) is 5.76. The van der Waals surface area contributed by atoms with Crippen molar-refractivity contribution in [2.24, 2.45) is 5.92 Å². The third-order valence-electron chi connectivity index (χ3n) is 4.03. The van der Waals surface area contributed by atoms with Gasteiger partial charge < -0.3 is 10.6 Å². The summed E-state index contributed by atoms with van der Waals surface area (Å²) in [6.45, 7) is -0.0164. The Bertz CT molecular complexity index is 841. The van der Waals surface area contributed by atoms with E-state index in [1.54, 1.807) is 24.3 Å². The zero-order valence-corrected chi connectivity index (χ0v) is 13.6. The second-order valence-electron chi connectivity index (χ2n) is 5.88. The van der Waals surface area contributed by atoms with Crippen LogP contribution in [0.15, 0.2) is 36.4 Å². The van der Waals surface area contributed by atoms with Gasteiger partial charge in [0, 0.05) is 5.92 Å². The van der Waals surface area contributed by atoms with E-state index in [1.165, 1.54) is 16.2 Å². The number of hydrogen-bond donors (Lipinski definition) is 2. The largest absolute Gasteiger partial charge is 0.323 e. The second-order valence-corrected chi connectivity index (χ2v) is 6.97. The molecule has 0 saturated heterocycles. The standard InChI is InChI=1S/C17H15N3O3S/c21-14-9-20(12-4-2-1-3-11(12)18-14)17(23)13-7-8-15(24-13)19-16(22)10-5-6-10/h1-4,7-8,10H,5-6,9H2,(H,18,21)(H,19,22). The molecular weight excluding hydrogens is 326 g/mol. The molecule has 24 heavy (non-hydrogen) atoms. The van der Waals surface area contributed by atoms with E-state index in [4.69, 9.17) is 0 Å². The summed E-state index contributed by atoms with van der Waals surface area (Å²) in [7, 11) is 0. The summed E-state index contributed by atoms with van der Waals surface area (Å²) in [6.07, 6.45) is 1.87. The maximum atomic E-state index is 12.8. The molecule has 0 unspecified atom stereocenters. The van der Waals surface area contributed by atoms with Crippen LogP contribution in [0.25, 0.3) is 0 Å². The third-order valence-corrected chi connectivity index (χ3v) is 5.02. The molecule has 7 heteroatoms.